The highest BCUT2D eigenvalue weighted by molar-refractivity contribution is 5.82. The number of benzene rings is 2. The maximum atomic E-state index is 3.40. The standard InChI is InChI=1S/C18H19N/c1-19-16-12-11-15-9-5-6-10-17(15)18(13-16)14-7-3-2-4-8-14/h2-10,13,16,19H,11-12H2,1H3. The molecule has 1 atom stereocenters. The lowest BCUT2D eigenvalue weighted by molar-refractivity contribution is 0.619. The van der Waals surface area contributed by atoms with Crippen molar-refractivity contribution in [2.45, 2.75) is 18.9 Å². The van der Waals surface area contributed by atoms with Gasteiger partial charge in [0.15, 0.2) is 0 Å². The van der Waals surface area contributed by atoms with Gasteiger partial charge in [0, 0.05) is 6.04 Å². The van der Waals surface area contributed by atoms with Gasteiger partial charge in [-0.1, -0.05) is 60.7 Å². The van der Waals surface area contributed by atoms with E-state index in [1.807, 2.05) is 7.05 Å². The van der Waals surface area contributed by atoms with E-state index in [-0.39, 0.29) is 0 Å². The van der Waals surface area contributed by atoms with Crippen molar-refractivity contribution in [3.05, 3.63) is 77.4 Å². The number of rotatable bonds is 2. The van der Waals surface area contributed by atoms with Crippen LogP contribution in [0.25, 0.3) is 5.57 Å². The molecule has 1 aliphatic rings. The lowest BCUT2D eigenvalue weighted by Crippen LogP contribution is -2.22. The number of hydrogen-bond acceptors (Lipinski definition) is 1. The zero-order valence-corrected chi connectivity index (χ0v) is 11.3. The minimum Gasteiger partial charge on any atom is -0.314 e. The van der Waals surface area contributed by atoms with E-state index in [1.165, 1.54) is 22.3 Å². The van der Waals surface area contributed by atoms with Crippen LogP contribution >= 0.6 is 0 Å². The maximum Gasteiger partial charge on any atom is 0.0259 e. The SMILES string of the molecule is CNC1C=C(c2ccccc2)c2ccccc2CC1. The fourth-order valence-electron chi connectivity index (χ4n) is 2.78. The molecule has 0 saturated heterocycles. The van der Waals surface area contributed by atoms with E-state index in [0.717, 1.165) is 12.8 Å². The molecule has 2 aromatic rings. The molecule has 1 heteroatoms. The quantitative estimate of drug-likeness (QED) is 0.856. The van der Waals surface area contributed by atoms with E-state index in [4.69, 9.17) is 0 Å². The zero-order chi connectivity index (χ0) is 13.1. The lowest BCUT2D eigenvalue weighted by atomic mass is 9.94. The minimum absolute atomic E-state index is 0.447. The molecule has 1 aliphatic carbocycles. The van der Waals surface area contributed by atoms with Gasteiger partial charge < -0.3 is 5.32 Å². The molecule has 96 valence electrons. The third kappa shape index (κ3) is 2.47. The molecule has 0 spiro atoms. The molecular formula is C18H19N. The van der Waals surface area contributed by atoms with Crippen LogP contribution in [0, 0.1) is 0 Å². The van der Waals surface area contributed by atoms with Gasteiger partial charge in [0.2, 0.25) is 0 Å². The second-order valence-corrected chi connectivity index (χ2v) is 5.04. The Morgan fingerprint density at radius 1 is 0.947 bits per heavy atom. The van der Waals surface area contributed by atoms with Crippen molar-refractivity contribution in [3.8, 4) is 0 Å². The van der Waals surface area contributed by atoms with E-state index in [0.29, 0.717) is 6.04 Å². The van der Waals surface area contributed by atoms with Crippen molar-refractivity contribution >= 4 is 5.57 Å². The van der Waals surface area contributed by atoms with Gasteiger partial charge in [-0.25, -0.2) is 0 Å². The van der Waals surface area contributed by atoms with Gasteiger partial charge in [-0.05, 0) is 42.2 Å². The van der Waals surface area contributed by atoms with Crippen molar-refractivity contribution in [3.63, 3.8) is 0 Å². The molecule has 19 heavy (non-hydrogen) atoms. The van der Waals surface area contributed by atoms with Crippen LogP contribution in [0.5, 0.6) is 0 Å². The molecule has 0 radical (unpaired) electrons. The van der Waals surface area contributed by atoms with Crippen LogP contribution in [0.1, 0.15) is 23.1 Å². The Morgan fingerprint density at radius 2 is 1.68 bits per heavy atom. The molecule has 0 amide bonds. The summed E-state index contributed by atoms with van der Waals surface area (Å²) >= 11 is 0. The first-order valence-corrected chi connectivity index (χ1v) is 6.91. The van der Waals surface area contributed by atoms with Crippen LogP contribution in [-0.4, -0.2) is 13.1 Å². The third-order valence-electron chi connectivity index (χ3n) is 3.86. The summed E-state index contributed by atoms with van der Waals surface area (Å²) in [6.45, 7) is 0. The topological polar surface area (TPSA) is 12.0 Å². The van der Waals surface area contributed by atoms with E-state index in [2.05, 4.69) is 66.0 Å². The van der Waals surface area contributed by atoms with Gasteiger partial charge in [-0.15, -0.1) is 0 Å². The van der Waals surface area contributed by atoms with Crippen molar-refractivity contribution in [1.29, 1.82) is 0 Å². The highest BCUT2D eigenvalue weighted by atomic mass is 14.9. The largest absolute Gasteiger partial charge is 0.314 e. The number of hydrogen-bond donors (Lipinski definition) is 1. The Labute approximate surface area is 115 Å². The molecule has 3 rings (SSSR count). The molecule has 0 heterocycles. The molecule has 0 aromatic heterocycles. The number of nitrogens with one attached hydrogen (secondary N) is 1. The number of aryl methyl sites for hydroxylation is 1. The van der Waals surface area contributed by atoms with Gasteiger partial charge in [0.05, 0.1) is 0 Å². The lowest BCUT2D eigenvalue weighted by Gasteiger charge is -2.12. The average molecular weight is 249 g/mol. The van der Waals surface area contributed by atoms with Gasteiger partial charge in [0.1, 0.15) is 0 Å². The van der Waals surface area contributed by atoms with Gasteiger partial charge >= 0.3 is 0 Å². The van der Waals surface area contributed by atoms with E-state index >= 15 is 0 Å². The van der Waals surface area contributed by atoms with Crippen LogP contribution in [0.4, 0.5) is 0 Å². The van der Waals surface area contributed by atoms with Crippen LogP contribution in [0.3, 0.4) is 0 Å². The fourth-order valence-corrected chi connectivity index (χ4v) is 2.78. The molecule has 2 aromatic carbocycles. The highest BCUT2D eigenvalue weighted by Gasteiger charge is 2.16. The summed E-state index contributed by atoms with van der Waals surface area (Å²) in [5, 5.41) is 3.40. The highest BCUT2D eigenvalue weighted by Crippen LogP contribution is 2.30. The summed E-state index contributed by atoms with van der Waals surface area (Å²) in [5.41, 5.74) is 5.49. The third-order valence-corrected chi connectivity index (χ3v) is 3.86. The van der Waals surface area contributed by atoms with Crippen LogP contribution < -0.4 is 5.32 Å². The molecule has 0 bridgehead atoms. The molecule has 0 aliphatic heterocycles. The summed E-state index contributed by atoms with van der Waals surface area (Å²) in [4.78, 5) is 0. The second-order valence-electron chi connectivity index (χ2n) is 5.04. The van der Waals surface area contributed by atoms with E-state index in [1.54, 1.807) is 0 Å². The number of fused-ring (bicyclic) bond motifs is 1. The van der Waals surface area contributed by atoms with Gasteiger partial charge in [-0.3, -0.25) is 0 Å². The molecule has 0 fully saturated rings. The normalized spacial score (nSPS) is 18.4. The van der Waals surface area contributed by atoms with Gasteiger partial charge in [0.25, 0.3) is 0 Å². The van der Waals surface area contributed by atoms with E-state index in [9.17, 15) is 0 Å². The molecule has 1 unspecified atom stereocenters. The first-order chi connectivity index (χ1) is 9.38. The summed E-state index contributed by atoms with van der Waals surface area (Å²) < 4.78 is 0. The number of likely N-dealkylation sites (N-methyl/N-ethyl adjacent to an activating group) is 1. The Bertz CT molecular complexity index is 584. The smallest absolute Gasteiger partial charge is 0.0259 e. The maximum absolute atomic E-state index is 3.40. The van der Waals surface area contributed by atoms with Crippen LogP contribution in [0.2, 0.25) is 0 Å². The predicted octanol–water partition coefficient (Wildman–Crippen LogP) is 3.65. The summed E-state index contributed by atoms with van der Waals surface area (Å²) in [7, 11) is 2.04. The van der Waals surface area contributed by atoms with Gasteiger partial charge in [-0.2, -0.15) is 0 Å². The van der Waals surface area contributed by atoms with Crippen LogP contribution in [0.15, 0.2) is 60.7 Å². The first kappa shape index (κ1) is 12.2. The first-order valence-electron chi connectivity index (χ1n) is 6.91. The Morgan fingerprint density at radius 3 is 2.47 bits per heavy atom. The summed E-state index contributed by atoms with van der Waals surface area (Å²) in [6, 6.07) is 19.9. The van der Waals surface area contributed by atoms with Crippen molar-refractivity contribution in [2.75, 3.05) is 7.05 Å². The fraction of sp³-hybridized carbons (Fsp3) is 0.222. The summed E-state index contributed by atoms with van der Waals surface area (Å²) in [6.07, 6.45) is 4.67. The molecular weight excluding hydrogens is 230 g/mol. The zero-order valence-electron chi connectivity index (χ0n) is 11.3. The predicted molar refractivity (Wildman–Crippen MR) is 81.1 cm³/mol. The molecule has 0 saturated carbocycles. The van der Waals surface area contributed by atoms with Crippen molar-refractivity contribution in [1.82, 2.24) is 5.32 Å². The van der Waals surface area contributed by atoms with Crippen molar-refractivity contribution in [2.24, 2.45) is 0 Å². The Kier molecular flexibility index (Phi) is 3.47. The Balaban J connectivity index is 2.14. The Hall–Kier alpha value is -1.86. The van der Waals surface area contributed by atoms with Crippen LogP contribution in [-0.2, 0) is 6.42 Å². The van der Waals surface area contributed by atoms with Crippen molar-refractivity contribution < 1.29 is 0 Å². The average Bonchev–Trinajstić information content (AvgIpc) is 2.68. The van der Waals surface area contributed by atoms with E-state index < -0.39 is 0 Å². The molecule has 1 N–H and O–H groups in total. The molecule has 1 nitrogen and oxygen atoms in total. The summed E-state index contributed by atoms with van der Waals surface area (Å²) in [5.74, 6) is 0. The monoisotopic (exact) mass is 249 g/mol. The second kappa shape index (κ2) is 5.41. The minimum atomic E-state index is 0.447.